The van der Waals surface area contributed by atoms with Crippen LogP contribution in [0.25, 0.3) is 0 Å². The van der Waals surface area contributed by atoms with Crippen LogP contribution < -0.4 is 5.32 Å². The lowest BCUT2D eigenvalue weighted by atomic mass is 9.99. The van der Waals surface area contributed by atoms with Crippen LogP contribution in [0.5, 0.6) is 0 Å². The molecule has 23 heavy (non-hydrogen) atoms. The third-order valence-corrected chi connectivity index (χ3v) is 4.87. The molecule has 6 heteroatoms. The highest BCUT2D eigenvalue weighted by atomic mass is 16.1. The first-order valence-corrected chi connectivity index (χ1v) is 8.22. The number of carbonyl (C=O) groups is 1. The van der Waals surface area contributed by atoms with Crippen molar-refractivity contribution in [3.05, 3.63) is 41.0 Å². The van der Waals surface area contributed by atoms with Crippen LogP contribution in [0, 0.1) is 6.92 Å². The van der Waals surface area contributed by atoms with E-state index in [0.29, 0.717) is 11.7 Å². The van der Waals surface area contributed by atoms with Crippen molar-refractivity contribution in [1.82, 2.24) is 25.0 Å². The smallest absolute Gasteiger partial charge is 0.267 e. The van der Waals surface area contributed by atoms with Gasteiger partial charge in [0, 0.05) is 26.3 Å². The zero-order valence-electron chi connectivity index (χ0n) is 14.1. The number of amides is 1. The summed E-state index contributed by atoms with van der Waals surface area (Å²) in [5.41, 5.74) is 4.30. The van der Waals surface area contributed by atoms with Gasteiger partial charge >= 0.3 is 0 Å². The molecule has 1 fully saturated rings. The minimum absolute atomic E-state index is 0.0366. The fourth-order valence-electron chi connectivity index (χ4n) is 3.47. The van der Waals surface area contributed by atoms with Crippen molar-refractivity contribution in [2.75, 3.05) is 13.6 Å². The first kappa shape index (κ1) is 15.8. The highest BCUT2D eigenvalue weighted by molar-refractivity contribution is 5.92. The predicted octanol–water partition coefficient (Wildman–Crippen LogP) is 2.14. The Kier molecular flexibility index (Phi) is 4.52. The number of likely N-dealkylation sites (tertiary alicyclic amines) is 1. The molecular weight excluding hydrogens is 290 g/mol. The largest absolute Gasteiger partial charge is 0.354 e. The number of hydrogen-bond acceptors (Lipinski definition) is 3. The second-order valence-corrected chi connectivity index (χ2v) is 6.30. The van der Waals surface area contributed by atoms with Crippen molar-refractivity contribution in [2.45, 2.75) is 38.8 Å². The van der Waals surface area contributed by atoms with Gasteiger partial charge in [-0.2, -0.15) is 5.10 Å². The monoisotopic (exact) mass is 315 g/mol. The number of nitrogens with one attached hydrogen (secondary N) is 2. The van der Waals surface area contributed by atoms with E-state index in [9.17, 15) is 4.79 Å². The Hall–Kier alpha value is -2.08. The summed E-state index contributed by atoms with van der Waals surface area (Å²) in [5, 5.41) is 9.95. The zero-order chi connectivity index (χ0) is 16.4. The van der Waals surface area contributed by atoms with E-state index in [1.807, 2.05) is 23.9 Å². The van der Waals surface area contributed by atoms with Gasteiger partial charge in [0.1, 0.15) is 5.69 Å². The molecule has 6 nitrogen and oxygen atoms in total. The van der Waals surface area contributed by atoms with Gasteiger partial charge in [0.15, 0.2) is 0 Å². The Morgan fingerprint density at radius 2 is 2.26 bits per heavy atom. The summed E-state index contributed by atoms with van der Waals surface area (Å²) in [6.45, 7) is 4.03. The molecule has 1 aliphatic rings. The summed E-state index contributed by atoms with van der Waals surface area (Å²) in [6, 6.07) is 4.35. The van der Waals surface area contributed by atoms with Crippen LogP contribution in [0.3, 0.4) is 0 Å². The summed E-state index contributed by atoms with van der Waals surface area (Å²) in [4.78, 5) is 14.4. The molecule has 0 radical (unpaired) electrons. The summed E-state index contributed by atoms with van der Waals surface area (Å²) >= 11 is 0. The van der Waals surface area contributed by atoms with Gasteiger partial charge in [-0.25, -0.2) is 0 Å². The number of piperidine rings is 1. The van der Waals surface area contributed by atoms with Crippen LogP contribution in [0.15, 0.2) is 18.3 Å². The zero-order valence-corrected chi connectivity index (χ0v) is 14.1. The van der Waals surface area contributed by atoms with Crippen LogP contribution in [-0.2, 0) is 13.6 Å². The summed E-state index contributed by atoms with van der Waals surface area (Å²) in [7, 11) is 3.65. The molecule has 0 aliphatic carbocycles. The molecule has 0 aromatic carbocycles. The molecule has 0 spiro atoms. The SMILES string of the molecule is CNC(=O)c1ccc(C2CCCCN2Cc2[nH]ncc2C)n1C. The number of aromatic amines is 1. The van der Waals surface area contributed by atoms with Crippen LogP contribution in [0.2, 0.25) is 0 Å². The van der Waals surface area contributed by atoms with Gasteiger partial charge in [0.25, 0.3) is 5.91 Å². The number of carbonyl (C=O) groups excluding carboxylic acids is 1. The molecular formula is C17H25N5O. The summed E-state index contributed by atoms with van der Waals surface area (Å²) in [5.74, 6) is -0.0366. The van der Waals surface area contributed by atoms with E-state index >= 15 is 0 Å². The third kappa shape index (κ3) is 3.03. The Morgan fingerprint density at radius 3 is 2.96 bits per heavy atom. The van der Waals surface area contributed by atoms with E-state index in [1.165, 1.54) is 29.8 Å². The number of aromatic nitrogens is 3. The Labute approximate surface area is 136 Å². The molecule has 1 amide bonds. The first-order chi connectivity index (χ1) is 11.1. The molecule has 1 saturated heterocycles. The van der Waals surface area contributed by atoms with Gasteiger partial charge < -0.3 is 9.88 Å². The third-order valence-electron chi connectivity index (χ3n) is 4.87. The molecule has 124 valence electrons. The standard InChI is InChI=1S/C17H25N5O/c1-12-10-19-20-13(12)11-22-9-5-4-6-15(22)14-7-8-16(21(14)3)17(23)18-2/h7-8,10,15H,4-6,9,11H2,1-3H3,(H,18,23)(H,19,20). The molecule has 0 bridgehead atoms. The minimum Gasteiger partial charge on any atom is -0.354 e. The highest BCUT2D eigenvalue weighted by Crippen LogP contribution is 2.33. The van der Waals surface area contributed by atoms with E-state index < -0.39 is 0 Å². The lowest BCUT2D eigenvalue weighted by Gasteiger charge is -2.36. The number of aryl methyl sites for hydroxylation is 1. The first-order valence-electron chi connectivity index (χ1n) is 8.22. The van der Waals surface area contributed by atoms with Crippen molar-refractivity contribution in [3.63, 3.8) is 0 Å². The van der Waals surface area contributed by atoms with Gasteiger partial charge in [0.05, 0.1) is 17.9 Å². The molecule has 3 heterocycles. The van der Waals surface area contributed by atoms with Crippen LogP contribution in [0.1, 0.15) is 52.7 Å². The summed E-state index contributed by atoms with van der Waals surface area (Å²) < 4.78 is 2.03. The maximum absolute atomic E-state index is 12.0. The molecule has 2 aromatic rings. The second-order valence-electron chi connectivity index (χ2n) is 6.30. The fourth-order valence-corrected chi connectivity index (χ4v) is 3.47. The normalized spacial score (nSPS) is 19.0. The van der Waals surface area contributed by atoms with Crippen LogP contribution in [-0.4, -0.2) is 39.2 Å². The van der Waals surface area contributed by atoms with Gasteiger partial charge in [0.2, 0.25) is 0 Å². The lowest BCUT2D eigenvalue weighted by molar-refractivity contribution is 0.0952. The maximum Gasteiger partial charge on any atom is 0.267 e. The number of H-pyrrole nitrogens is 1. The van der Waals surface area contributed by atoms with E-state index in [1.54, 1.807) is 7.05 Å². The quantitative estimate of drug-likeness (QED) is 0.908. The van der Waals surface area contributed by atoms with Crippen molar-refractivity contribution in [2.24, 2.45) is 7.05 Å². The Balaban J connectivity index is 1.85. The van der Waals surface area contributed by atoms with Gasteiger partial charge in [-0.15, -0.1) is 0 Å². The van der Waals surface area contributed by atoms with Crippen LogP contribution >= 0.6 is 0 Å². The minimum atomic E-state index is -0.0366. The molecule has 2 aromatic heterocycles. The van der Waals surface area contributed by atoms with Gasteiger partial charge in [-0.05, 0) is 44.0 Å². The van der Waals surface area contributed by atoms with Crippen molar-refractivity contribution in [1.29, 1.82) is 0 Å². The molecule has 1 unspecified atom stereocenters. The van der Waals surface area contributed by atoms with E-state index in [4.69, 9.17) is 0 Å². The fraction of sp³-hybridized carbons (Fsp3) is 0.529. The maximum atomic E-state index is 12.0. The molecule has 3 rings (SSSR count). The Bertz CT molecular complexity index is 687. The topological polar surface area (TPSA) is 66.0 Å². The van der Waals surface area contributed by atoms with E-state index in [2.05, 4.69) is 33.4 Å². The molecule has 0 saturated carbocycles. The second kappa shape index (κ2) is 6.58. The molecule has 1 atom stereocenters. The van der Waals surface area contributed by atoms with Crippen molar-refractivity contribution in [3.8, 4) is 0 Å². The Morgan fingerprint density at radius 1 is 1.43 bits per heavy atom. The van der Waals surface area contributed by atoms with Crippen LogP contribution in [0.4, 0.5) is 0 Å². The molecule has 1 aliphatic heterocycles. The molecule has 2 N–H and O–H groups in total. The van der Waals surface area contributed by atoms with Gasteiger partial charge in [-0.1, -0.05) is 6.42 Å². The van der Waals surface area contributed by atoms with E-state index in [-0.39, 0.29) is 5.91 Å². The lowest BCUT2D eigenvalue weighted by Crippen LogP contribution is -2.34. The summed E-state index contributed by atoms with van der Waals surface area (Å²) in [6.07, 6.45) is 5.44. The average molecular weight is 315 g/mol. The number of rotatable bonds is 4. The van der Waals surface area contributed by atoms with Crippen molar-refractivity contribution >= 4 is 5.91 Å². The average Bonchev–Trinajstić information content (AvgIpc) is 3.14. The highest BCUT2D eigenvalue weighted by Gasteiger charge is 2.27. The number of hydrogen-bond donors (Lipinski definition) is 2. The van der Waals surface area contributed by atoms with Crippen molar-refractivity contribution < 1.29 is 4.79 Å². The number of nitrogens with zero attached hydrogens (tertiary/aromatic N) is 3. The van der Waals surface area contributed by atoms with Gasteiger partial charge in [-0.3, -0.25) is 14.8 Å². The predicted molar refractivity (Wildman–Crippen MR) is 89.1 cm³/mol. The van der Waals surface area contributed by atoms with E-state index in [0.717, 1.165) is 19.5 Å².